The lowest BCUT2D eigenvalue weighted by atomic mass is 10.3. The summed E-state index contributed by atoms with van der Waals surface area (Å²) < 4.78 is 47.8. The van der Waals surface area contributed by atoms with Crippen molar-refractivity contribution in [1.82, 2.24) is 4.72 Å². The van der Waals surface area contributed by atoms with E-state index < -0.39 is 29.0 Å². The highest BCUT2D eigenvalue weighted by atomic mass is 32.2. The van der Waals surface area contributed by atoms with Gasteiger partial charge >= 0.3 is 0 Å². The number of alkyl halides is 2. The average molecular weight is 202 g/mol. The van der Waals surface area contributed by atoms with E-state index in [1.807, 2.05) is 0 Å². The maximum Gasteiger partial charge on any atom is 0.273 e. The zero-order valence-electron chi connectivity index (χ0n) is 6.68. The molecule has 0 aliphatic carbocycles. The summed E-state index contributed by atoms with van der Waals surface area (Å²) in [7, 11) is -3.55. The van der Waals surface area contributed by atoms with Gasteiger partial charge in [-0.05, 0) is 6.92 Å². The lowest BCUT2D eigenvalue weighted by Crippen LogP contribution is -2.41. The lowest BCUT2D eigenvalue weighted by molar-refractivity contribution is 0.0170. The van der Waals surface area contributed by atoms with E-state index in [1.54, 1.807) is 4.72 Å². The highest BCUT2D eigenvalue weighted by Gasteiger charge is 2.28. The van der Waals surface area contributed by atoms with Gasteiger partial charge in [-0.15, -0.1) is 0 Å². The number of halogens is 2. The van der Waals surface area contributed by atoms with Gasteiger partial charge in [0, 0.05) is 0 Å². The molecule has 0 aromatic heterocycles. The molecule has 0 saturated carbocycles. The van der Waals surface area contributed by atoms with E-state index in [0.29, 0.717) is 0 Å². The van der Waals surface area contributed by atoms with Crippen LogP contribution in [0.15, 0.2) is 0 Å². The first kappa shape index (κ1) is 11.7. The van der Waals surface area contributed by atoms with Gasteiger partial charge in [0.05, 0.1) is 18.8 Å². The number of hydrogen-bond acceptors (Lipinski definition) is 3. The first-order valence-corrected chi connectivity index (χ1v) is 5.03. The van der Waals surface area contributed by atoms with Crippen LogP contribution in [0.5, 0.6) is 0 Å². The van der Waals surface area contributed by atoms with Crippen LogP contribution < -0.4 is 10.5 Å². The second-order valence-corrected chi connectivity index (χ2v) is 4.38. The Balaban J connectivity index is 4.00. The molecular weight excluding hydrogens is 190 g/mol. The number of nitrogens with two attached hydrogens (primary N) is 1. The van der Waals surface area contributed by atoms with Crippen LogP contribution in [0.3, 0.4) is 0 Å². The van der Waals surface area contributed by atoms with Gasteiger partial charge < -0.3 is 5.73 Å². The molecule has 0 rings (SSSR count). The number of nitrogens with one attached hydrogen (secondary N) is 1. The Hall–Kier alpha value is -0.270. The summed E-state index contributed by atoms with van der Waals surface area (Å²) >= 11 is 0. The summed E-state index contributed by atoms with van der Waals surface area (Å²) in [6.45, 7) is -0.429. The van der Waals surface area contributed by atoms with Crippen molar-refractivity contribution in [1.29, 1.82) is 0 Å². The van der Waals surface area contributed by atoms with Gasteiger partial charge in [0.25, 0.3) is 5.92 Å². The lowest BCUT2D eigenvalue weighted by Gasteiger charge is -2.13. The van der Waals surface area contributed by atoms with Crippen molar-refractivity contribution in [3.05, 3.63) is 0 Å². The van der Waals surface area contributed by atoms with Crippen molar-refractivity contribution in [2.75, 3.05) is 18.8 Å². The van der Waals surface area contributed by atoms with Crippen molar-refractivity contribution in [2.24, 2.45) is 5.73 Å². The molecular formula is C5H12F2N2O2S. The van der Waals surface area contributed by atoms with Crippen molar-refractivity contribution in [3.63, 3.8) is 0 Å². The van der Waals surface area contributed by atoms with E-state index >= 15 is 0 Å². The van der Waals surface area contributed by atoms with E-state index in [-0.39, 0.29) is 5.75 Å². The third-order valence-electron chi connectivity index (χ3n) is 1.23. The quantitative estimate of drug-likeness (QED) is 0.632. The van der Waals surface area contributed by atoms with Crippen molar-refractivity contribution >= 4 is 10.0 Å². The summed E-state index contributed by atoms with van der Waals surface area (Å²) in [6, 6.07) is 0. The van der Waals surface area contributed by atoms with Gasteiger partial charge in [-0.1, -0.05) is 0 Å². The molecule has 7 heteroatoms. The van der Waals surface area contributed by atoms with Crippen LogP contribution in [-0.4, -0.2) is 33.2 Å². The van der Waals surface area contributed by atoms with E-state index in [1.165, 1.54) is 6.92 Å². The second-order valence-electron chi connectivity index (χ2n) is 2.28. The zero-order valence-corrected chi connectivity index (χ0v) is 7.50. The molecule has 0 amide bonds. The Morgan fingerprint density at radius 3 is 2.33 bits per heavy atom. The van der Waals surface area contributed by atoms with Gasteiger partial charge in [-0.2, -0.15) is 0 Å². The van der Waals surface area contributed by atoms with Crippen LogP contribution in [-0.2, 0) is 10.0 Å². The van der Waals surface area contributed by atoms with E-state index in [0.717, 1.165) is 0 Å². The van der Waals surface area contributed by atoms with Crippen LogP contribution in [0.25, 0.3) is 0 Å². The standard InChI is InChI=1S/C5H12F2N2O2S/c1-2-12(10,11)9-4-5(6,7)3-8/h9H,2-4,8H2,1H3. The molecule has 3 N–H and O–H groups in total. The maximum absolute atomic E-state index is 12.4. The molecule has 0 bridgehead atoms. The van der Waals surface area contributed by atoms with Crippen LogP contribution in [0.1, 0.15) is 6.92 Å². The minimum Gasteiger partial charge on any atom is -0.325 e. The van der Waals surface area contributed by atoms with Gasteiger partial charge in [-0.25, -0.2) is 21.9 Å². The SMILES string of the molecule is CCS(=O)(=O)NCC(F)(F)CN. The largest absolute Gasteiger partial charge is 0.325 e. The van der Waals surface area contributed by atoms with Gasteiger partial charge in [0.2, 0.25) is 10.0 Å². The molecule has 0 aliphatic heterocycles. The Morgan fingerprint density at radius 2 is 2.00 bits per heavy atom. The number of rotatable bonds is 5. The molecule has 0 atom stereocenters. The summed E-state index contributed by atoms with van der Waals surface area (Å²) in [4.78, 5) is 0. The van der Waals surface area contributed by atoms with Crippen LogP contribution in [0.2, 0.25) is 0 Å². The van der Waals surface area contributed by atoms with Crippen molar-refractivity contribution < 1.29 is 17.2 Å². The summed E-state index contributed by atoms with van der Waals surface area (Å²) in [5.74, 6) is -3.38. The smallest absolute Gasteiger partial charge is 0.273 e. The number of hydrogen-bond donors (Lipinski definition) is 2. The molecule has 0 fully saturated rings. The topological polar surface area (TPSA) is 72.2 Å². The summed E-state index contributed by atoms with van der Waals surface area (Å²) in [6.07, 6.45) is 0. The first-order valence-electron chi connectivity index (χ1n) is 3.38. The fourth-order valence-corrected chi connectivity index (χ4v) is 1.02. The van der Waals surface area contributed by atoms with Gasteiger partial charge in [0.1, 0.15) is 0 Å². The normalized spacial score (nSPS) is 13.3. The molecule has 74 valence electrons. The summed E-state index contributed by atoms with van der Waals surface area (Å²) in [5, 5.41) is 0. The monoisotopic (exact) mass is 202 g/mol. The van der Waals surface area contributed by atoms with Crippen LogP contribution >= 0.6 is 0 Å². The molecule has 0 aliphatic rings. The molecule has 0 radical (unpaired) electrons. The molecule has 12 heavy (non-hydrogen) atoms. The molecule has 0 unspecified atom stereocenters. The average Bonchev–Trinajstić information content (AvgIpc) is 2.02. The molecule has 0 aromatic rings. The van der Waals surface area contributed by atoms with E-state index in [4.69, 9.17) is 5.73 Å². The Bertz CT molecular complexity index is 228. The first-order chi connectivity index (χ1) is 5.33. The third-order valence-corrected chi connectivity index (χ3v) is 2.57. The van der Waals surface area contributed by atoms with Crippen molar-refractivity contribution in [2.45, 2.75) is 12.8 Å². The predicted molar refractivity (Wildman–Crippen MR) is 41.5 cm³/mol. The molecule has 0 aromatic carbocycles. The molecule has 4 nitrogen and oxygen atoms in total. The Kier molecular flexibility index (Phi) is 4.01. The minimum atomic E-state index is -3.55. The summed E-state index contributed by atoms with van der Waals surface area (Å²) in [5.41, 5.74) is 4.69. The highest BCUT2D eigenvalue weighted by Crippen LogP contribution is 2.08. The van der Waals surface area contributed by atoms with Crippen LogP contribution in [0, 0.1) is 0 Å². The van der Waals surface area contributed by atoms with E-state index in [9.17, 15) is 17.2 Å². The zero-order chi connectivity index (χ0) is 9.83. The Morgan fingerprint density at radius 1 is 1.50 bits per heavy atom. The maximum atomic E-state index is 12.4. The van der Waals surface area contributed by atoms with Gasteiger partial charge in [0.15, 0.2) is 0 Å². The fourth-order valence-electron chi connectivity index (χ4n) is 0.390. The second kappa shape index (κ2) is 4.11. The third kappa shape index (κ3) is 4.58. The Labute approximate surface area is 70.2 Å². The molecule has 0 spiro atoms. The molecule has 0 saturated heterocycles. The minimum absolute atomic E-state index is 0.215. The number of sulfonamides is 1. The highest BCUT2D eigenvalue weighted by molar-refractivity contribution is 7.89. The van der Waals surface area contributed by atoms with E-state index in [2.05, 4.69) is 0 Å². The van der Waals surface area contributed by atoms with Crippen molar-refractivity contribution in [3.8, 4) is 0 Å². The fraction of sp³-hybridized carbons (Fsp3) is 1.00. The molecule has 0 heterocycles. The predicted octanol–water partition coefficient (Wildman–Crippen LogP) is -0.480. The van der Waals surface area contributed by atoms with Gasteiger partial charge in [-0.3, -0.25) is 0 Å². The van der Waals surface area contributed by atoms with Crippen LogP contribution in [0.4, 0.5) is 8.78 Å².